The summed E-state index contributed by atoms with van der Waals surface area (Å²) in [5.41, 5.74) is 2.15. The number of carbonyl (C=O) groups is 1. The zero-order valence-corrected chi connectivity index (χ0v) is 16.7. The van der Waals surface area contributed by atoms with E-state index in [1.165, 1.54) is 18.5 Å². The summed E-state index contributed by atoms with van der Waals surface area (Å²) in [4.78, 5) is 23.2. The summed E-state index contributed by atoms with van der Waals surface area (Å²) < 4.78 is 13.7. The van der Waals surface area contributed by atoms with E-state index in [0.717, 1.165) is 5.56 Å². The maximum absolute atomic E-state index is 13.7. The number of aromatic nitrogens is 2. The number of hydrogen-bond acceptors (Lipinski definition) is 4. The Labute approximate surface area is 170 Å². The van der Waals surface area contributed by atoms with Crippen molar-refractivity contribution in [2.24, 2.45) is 0 Å². The second-order valence-corrected chi connectivity index (χ2v) is 7.08. The molecule has 1 aromatic heterocycles. The molecule has 0 aliphatic rings. The average molecular weight is 392 g/mol. The van der Waals surface area contributed by atoms with Crippen LogP contribution in [0.5, 0.6) is 0 Å². The summed E-state index contributed by atoms with van der Waals surface area (Å²) in [5, 5.41) is 3.06. The van der Waals surface area contributed by atoms with Gasteiger partial charge in [0, 0.05) is 31.5 Å². The van der Waals surface area contributed by atoms with Crippen LogP contribution in [0.3, 0.4) is 0 Å². The first-order valence-electron chi connectivity index (χ1n) is 9.69. The van der Waals surface area contributed by atoms with E-state index in [0.29, 0.717) is 36.6 Å². The Morgan fingerprint density at radius 2 is 1.69 bits per heavy atom. The fourth-order valence-corrected chi connectivity index (χ4v) is 2.97. The summed E-state index contributed by atoms with van der Waals surface area (Å²) in [6.45, 7) is 5.00. The van der Waals surface area contributed by atoms with E-state index in [1.807, 2.05) is 50.2 Å². The molecule has 150 valence electrons. The van der Waals surface area contributed by atoms with E-state index in [1.54, 1.807) is 17.0 Å². The van der Waals surface area contributed by atoms with Crippen LogP contribution in [0.4, 0.5) is 10.3 Å². The first-order valence-corrected chi connectivity index (χ1v) is 9.69. The smallest absolute Gasteiger partial charge is 0.257 e. The van der Waals surface area contributed by atoms with Crippen molar-refractivity contribution in [3.63, 3.8) is 0 Å². The van der Waals surface area contributed by atoms with Gasteiger partial charge in [0.15, 0.2) is 0 Å². The van der Waals surface area contributed by atoms with Crippen LogP contribution in [0.25, 0.3) is 0 Å². The Bertz CT molecular complexity index is 929. The molecule has 0 unspecified atom stereocenters. The molecule has 0 spiro atoms. The third-order valence-corrected chi connectivity index (χ3v) is 4.61. The number of amides is 1. The number of hydrogen-bond donors (Lipinski definition) is 1. The molecule has 6 heteroatoms. The van der Waals surface area contributed by atoms with E-state index in [2.05, 4.69) is 15.3 Å². The van der Waals surface area contributed by atoms with E-state index in [4.69, 9.17) is 0 Å². The van der Waals surface area contributed by atoms with Crippen LogP contribution < -0.4 is 5.32 Å². The predicted octanol–water partition coefficient (Wildman–Crippen LogP) is 4.32. The molecule has 0 radical (unpaired) electrons. The molecule has 0 saturated heterocycles. The van der Waals surface area contributed by atoms with E-state index in [9.17, 15) is 9.18 Å². The van der Waals surface area contributed by atoms with E-state index in [-0.39, 0.29) is 17.8 Å². The predicted molar refractivity (Wildman–Crippen MR) is 112 cm³/mol. The Morgan fingerprint density at radius 3 is 2.34 bits per heavy atom. The van der Waals surface area contributed by atoms with Gasteiger partial charge >= 0.3 is 0 Å². The standard InChI is InChI=1S/C23H25FN4O/c1-17(2)28(16-18-8-4-3-5-9-18)22(29)20-14-26-23(27-15-20)25-13-12-19-10-6-7-11-21(19)24/h3-11,14-15,17H,12-13,16H2,1-2H3,(H,25,26,27). The summed E-state index contributed by atoms with van der Waals surface area (Å²) in [7, 11) is 0. The molecule has 1 amide bonds. The van der Waals surface area contributed by atoms with Crippen LogP contribution in [0, 0.1) is 5.82 Å². The van der Waals surface area contributed by atoms with Gasteiger partial charge in [-0.15, -0.1) is 0 Å². The largest absolute Gasteiger partial charge is 0.354 e. The minimum absolute atomic E-state index is 0.0428. The fraction of sp³-hybridized carbons (Fsp3) is 0.261. The Balaban J connectivity index is 1.60. The van der Waals surface area contributed by atoms with Crippen molar-refractivity contribution >= 4 is 11.9 Å². The van der Waals surface area contributed by atoms with Gasteiger partial charge in [0.25, 0.3) is 5.91 Å². The molecule has 0 aliphatic carbocycles. The van der Waals surface area contributed by atoms with Crippen molar-refractivity contribution in [3.05, 3.63) is 89.5 Å². The van der Waals surface area contributed by atoms with Gasteiger partial charge in [-0.1, -0.05) is 48.5 Å². The van der Waals surface area contributed by atoms with Crippen molar-refractivity contribution < 1.29 is 9.18 Å². The number of nitrogens with zero attached hydrogens (tertiary/aromatic N) is 3. The lowest BCUT2D eigenvalue weighted by Crippen LogP contribution is -2.36. The lowest BCUT2D eigenvalue weighted by molar-refractivity contribution is 0.0689. The van der Waals surface area contributed by atoms with Gasteiger partial charge in [-0.05, 0) is 37.5 Å². The highest BCUT2D eigenvalue weighted by molar-refractivity contribution is 5.93. The molecule has 0 fully saturated rings. The molecule has 5 nitrogen and oxygen atoms in total. The normalized spacial score (nSPS) is 10.8. The fourth-order valence-electron chi connectivity index (χ4n) is 2.97. The molecule has 1 heterocycles. The average Bonchev–Trinajstić information content (AvgIpc) is 2.74. The summed E-state index contributed by atoms with van der Waals surface area (Å²) >= 11 is 0. The van der Waals surface area contributed by atoms with Crippen molar-refractivity contribution in [2.75, 3.05) is 11.9 Å². The summed E-state index contributed by atoms with van der Waals surface area (Å²) in [6.07, 6.45) is 3.58. The molecule has 0 atom stereocenters. The molecule has 3 aromatic rings. The third-order valence-electron chi connectivity index (χ3n) is 4.61. The maximum atomic E-state index is 13.7. The highest BCUT2D eigenvalue weighted by Crippen LogP contribution is 2.13. The van der Waals surface area contributed by atoms with Gasteiger partial charge in [0.1, 0.15) is 5.82 Å². The maximum Gasteiger partial charge on any atom is 0.257 e. The number of benzene rings is 2. The molecule has 0 saturated carbocycles. The number of halogens is 1. The molecular formula is C23H25FN4O. The van der Waals surface area contributed by atoms with Crippen molar-refractivity contribution in [2.45, 2.75) is 32.9 Å². The second-order valence-electron chi connectivity index (χ2n) is 7.08. The van der Waals surface area contributed by atoms with Crippen LogP contribution >= 0.6 is 0 Å². The van der Waals surface area contributed by atoms with Gasteiger partial charge in [0.2, 0.25) is 5.95 Å². The van der Waals surface area contributed by atoms with Crippen molar-refractivity contribution in [3.8, 4) is 0 Å². The zero-order chi connectivity index (χ0) is 20.6. The molecule has 3 rings (SSSR count). The molecule has 0 aliphatic heterocycles. The summed E-state index contributed by atoms with van der Waals surface area (Å²) in [6, 6.07) is 16.6. The van der Waals surface area contributed by atoms with Gasteiger partial charge < -0.3 is 10.2 Å². The van der Waals surface area contributed by atoms with E-state index < -0.39 is 0 Å². The van der Waals surface area contributed by atoms with Crippen LogP contribution in [0.2, 0.25) is 0 Å². The van der Waals surface area contributed by atoms with Crippen LogP contribution in [-0.4, -0.2) is 33.4 Å². The Morgan fingerprint density at radius 1 is 1.03 bits per heavy atom. The third kappa shape index (κ3) is 5.60. The number of rotatable bonds is 8. The minimum Gasteiger partial charge on any atom is -0.354 e. The highest BCUT2D eigenvalue weighted by atomic mass is 19.1. The van der Waals surface area contributed by atoms with Crippen LogP contribution in [0.15, 0.2) is 67.0 Å². The van der Waals surface area contributed by atoms with E-state index >= 15 is 0 Å². The topological polar surface area (TPSA) is 58.1 Å². The molecule has 29 heavy (non-hydrogen) atoms. The lowest BCUT2D eigenvalue weighted by Gasteiger charge is -2.26. The second kappa shape index (κ2) is 9.78. The summed E-state index contributed by atoms with van der Waals surface area (Å²) in [5.74, 6) is 0.0853. The van der Waals surface area contributed by atoms with Gasteiger partial charge in [0.05, 0.1) is 5.56 Å². The van der Waals surface area contributed by atoms with Gasteiger partial charge in [-0.2, -0.15) is 0 Å². The Kier molecular flexibility index (Phi) is 6.89. The lowest BCUT2D eigenvalue weighted by atomic mass is 10.1. The monoisotopic (exact) mass is 392 g/mol. The van der Waals surface area contributed by atoms with Crippen LogP contribution in [-0.2, 0) is 13.0 Å². The number of nitrogens with one attached hydrogen (secondary N) is 1. The number of anilines is 1. The zero-order valence-electron chi connectivity index (χ0n) is 16.7. The van der Waals surface area contributed by atoms with Crippen LogP contribution in [0.1, 0.15) is 35.3 Å². The van der Waals surface area contributed by atoms with Crippen molar-refractivity contribution in [1.29, 1.82) is 0 Å². The van der Waals surface area contributed by atoms with Crippen molar-refractivity contribution in [1.82, 2.24) is 14.9 Å². The first kappa shape index (κ1) is 20.5. The Hall–Kier alpha value is -3.28. The minimum atomic E-state index is -0.219. The molecule has 1 N–H and O–H groups in total. The first-order chi connectivity index (χ1) is 14.0. The van der Waals surface area contributed by atoms with Gasteiger partial charge in [-0.25, -0.2) is 14.4 Å². The quantitative estimate of drug-likeness (QED) is 0.620. The highest BCUT2D eigenvalue weighted by Gasteiger charge is 2.20. The molecular weight excluding hydrogens is 367 g/mol. The molecule has 0 bridgehead atoms. The SMILES string of the molecule is CC(C)N(Cc1ccccc1)C(=O)c1cnc(NCCc2ccccc2F)nc1. The number of carbonyl (C=O) groups excluding carboxylic acids is 1. The molecule has 2 aromatic carbocycles. The van der Waals surface area contributed by atoms with Gasteiger partial charge in [-0.3, -0.25) is 4.79 Å².